The number of hydrogen-bond acceptors (Lipinski definition) is 3. The molecular weight excluding hydrogens is 216 g/mol. The molecule has 1 aromatic carbocycles. The summed E-state index contributed by atoms with van der Waals surface area (Å²) >= 11 is 0. The Morgan fingerprint density at radius 2 is 1.87 bits per heavy atom. The molecule has 0 amide bonds. The minimum atomic E-state index is -3.75. The van der Waals surface area contributed by atoms with Crippen LogP contribution in [-0.4, -0.2) is 24.7 Å². The van der Waals surface area contributed by atoms with Gasteiger partial charge in [0.15, 0.2) is 15.1 Å². The molecule has 0 saturated heterocycles. The van der Waals surface area contributed by atoms with E-state index in [1.807, 2.05) is 0 Å². The van der Waals surface area contributed by atoms with Gasteiger partial charge in [0.05, 0.1) is 4.90 Å². The van der Waals surface area contributed by atoms with E-state index in [0.717, 1.165) is 0 Å². The molecule has 0 aromatic heterocycles. The first kappa shape index (κ1) is 11.7. The molecule has 0 aliphatic heterocycles. The second-order valence-corrected chi connectivity index (χ2v) is 5.22. The first-order valence-corrected chi connectivity index (χ1v) is 6.06. The largest absolute Gasteiger partial charge is 0.480 e. The van der Waals surface area contributed by atoms with Crippen LogP contribution in [0.4, 0.5) is 0 Å². The number of carboxylic acids is 1. The van der Waals surface area contributed by atoms with Crippen molar-refractivity contribution in [3.8, 4) is 0 Å². The van der Waals surface area contributed by atoms with Gasteiger partial charge in [-0.25, -0.2) is 8.42 Å². The number of carbonyl (C=O) groups is 1. The van der Waals surface area contributed by atoms with Gasteiger partial charge < -0.3 is 5.11 Å². The van der Waals surface area contributed by atoms with E-state index >= 15 is 0 Å². The SMILES string of the molecule is CCC(C(=O)O)S(=O)(=O)c1ccccc1. The molecular formula is C10H12O4S. The molecule has 0 heterocycles. The third kappa shape index (κ3) is 2.36. The molecule has 1 unspecified atom stereocenters. The van der Waals surface area contributed by atoms with E-state index in [2.05, 4.69) is 0 Å². The fourth-order valence-corrected chi connectivity index (χ4v) is 2.87. The lowest BCUT2D eigenvalue weighted by atomic mass is 10.3. The molecule has 0 aliphatic carbocycles. The Labute approximate surface area is 88.5 Å². The molecule has 1 aromatic rings. The van der Waals surface area contributed by atoms with Gasteiger partial charge >= 0.3 is 5.97 Å². The number of carboxylic acid groups (broad SMARTS) is 1. The first-order chi connectivity index (χ1) is 7.00. The topological polar surface area (TPSA) is 71.4 Å². The van der Waals surface area contributed by atoms with Crippen molar-refractivity contribution in [1.82, 2.24) is 0 Å². The Bertz CT molecular complexity index is 436. The lowest BCUT2D eigenvalue weighted by Crippen LogP contribution is -2.29. The third-order valence-electron chi connectivity index (χ3n) is 2.09. The molecule has 15 heavy (non-hydrogen) atoms. The van der Waals surface area contributed by atoms with E-state index in [0.29, 0.717) is 0 Å². The van der Waals surface area contributed by atoms with E-state index < -0.39 is 21.1 Å². The van der Waals surface area contributed by atoms with E-state index in [1.165, 1.54) is 12.1 Å². The predicted octanol–water partition coefficient (Wildman–Crippen LogP) is 1.32. The molecule has 0 saturated carbocycles. The highest BCUT2D eigenvalue weighted by Gasteiger charge is 2.31. The van der Waals surface area contributed by atoms with Gasteiger partial charge in [0, 0.05) is 0 Å². The van der Waals surface area contributed by atoms with Crippen molar-refractivity contribution >= 4 is 15.8 Å². The summed E-state index contributed by atoms with van der Waals surface area (Å²) in [6.07, 6.45) is 0.0621. The molecule has 0 radical (unpaired) electrons. The van der Waals surface area contributed by atoms with E-state index in [9.17, 15) is 13.2 Å². The minimum Gasteiger partial charge on any atom is -0.480 e. The lowest BCUT2D eigenvalue weighted by Gasteiger charge is -2.10. The first-order valence-electron chi connectivity index (χ1n) is 4.52. The van der Waals surface area contributed by atoms with Gasteiger partial charge in [-0.1, -0.05) is 25.1 Å². The number of sulfone groups is 1. The van der Waals surface area contributed by atoms with Crippen LogP contribution in [0.3, 0.4) is 0 Å². The predicted molar refractivity (Wildman–Crippen MR) is 55.3 cm³/mol. The zero-order chi connectivity index (χ0) is 11.5. The molecule has 0 bridgehead atoms. The summed E-state index contributed by atoms with van der Waals surface area (Å²) in [5.74, 6) is -1.30. The molecule has 1 atom stereocenters. The Morgan fingerprint density at radius 3 is 2.27 bits per heavy atom. The number of aliphatic carboxylic acids is 1. The molecule has 4 nitrogen and oxygen atoms in total. The average Bonchev–Trinajstić information content (AvgIpc) is 2.19. The highest BCUT2D eigenvalue weighted by atomic mass is 32.2. The fourth-order valence-electron chi connectivity index (χ4n) is 1.30. The molecule has 1 N–H and O–H groups in total. The summed E-state index contributed by atoms with van der Waals surface area (Å²) in [6, 6.07) is 7.63. The standard InChI is InChI=1S/C10H12O4S/c1-2-9(10(11)12)15(13,14)8-6-4-3-5-7-8/h3-7,9H,2H2,1H3,(H,11,12). The van der Waals surface area contributed by atoms with Crippen LogP contribution in [0.1, 0.15) is 13.3 Å². The smallest absolute Gasteiger partial charge is 0.322 e. The van der Waals surface area contributed by atoms with E-state index in [4.69, 9.17) is 5.11 Å². The van der Waals surface area contributed by atoms with Gasteiger partial charge in [0.25, 0.3) is 0 Å². The van der Waals surface area contributed by atoms with Crippen LogP contribution >= 0.6 is 0 Å². The second kappa shape index (κ2) is 4.44. The minimum absolute atomic E-state index is 0.0549. The lowest BCUT2D eigenvalue weighted by molar-refractivity contribution is -0.136. The molecule has 82 valence electrons. The highest BCUT2D eigenvalue weighted by Crippen LogP contribution is 2.17. The van der Waals surface area contributed by atoms with Gasteiger partial charge in [-0.3, -0.25) is 4.79 Å². The van der Waals surface area contributed by atoms with Gasteiger partial charge in [0.2, 0.25) is 0 Å². The second-order valence-electron chi connectivity index (χ2n) is 3.09. The van der Waals surface area contributed by atoms with Crippen LogP contribution in [-0.2, 0) is 14.6 Å². The summed E-state index contributed by atoms with van der Waals surface area (Å²) in [5, 5.41) is 7.43. The maximum atomic E-state index is 11.8. The van der Waals surface area contributed by atoms with Crippen molar-refractivity contribution in [3.63, 3.8) is 0 Å². The quantitative estimate of drug-likeness (QED) is 0.843. The molecule has 5 heteroatoms. The fraction of sp³-hybridized carbons (Fsp3) is 0.300. The van der Waals surface area contributed by atoms with Gasteiger partial charge in [-0.2, -0.15) is 0 Å². The van der Waals surface area contributed by atoms with Gasteiger partial charge in [-0.05, 0) is 18.6 Å². The Hall–Kier alpha value is -1.36. The molecule has 0 spiro atoms. The average molecular weight is 228 g/mol. The summed E-state index contributed by atoms with van der Waals surface area (Å²) in [5.41, 5.74) is 0. The van der Waals surface area contributed by atoms with Crippen molar-refractivity contribution in [2.24, 2.45) is 0 Å². The van der Waals surface area contributed by atoms with Crippen LogP contribution in [0, 0.1) is 0 Å². The number of benzene rings is 1. The zero-order valence-corrected chi connectivity index (χ0v) is 9.07. The van der Waals surface area contributed by atoms with Crippen LogP contribution in [0.2, 0.25) is 0 Å². The molecule has 0 aliphatic rings. The Kier molecular flexibility index (Phi) is 3.47. The van der Waals surface area contributed by atoms with Crippen molar-refractivity contribution in [1.29, 1.82) is 0 Å². The van der Waals surface area contributed by atoms with E-state index in [-0.39, 0.29) is 11.3 Å². The molecule has 1 rings (SSSR count). The van der Waals surface area contributed by atoms with E-state index in [1.54, 1.807) is 25.1 Å². The number of rotatable bonds is 4. The highest BCUT2D eigenvalue weighted by molar-refractivity contribution is 7.92. The monoisotopic (exact) mass is 228 g/mol. The van der Waals surface area contributed by atoms with Gasteiger partial charge in [-0.15, -0.1) is 0 Å². The molecule has 0 fully saturated rings. The van der Waals surface area contributed by atoms with Crippen molar-refractivity contribution in [3.05, 3.63) is 30.3 Å². The number of hydrogen-bond donors (Lipinski definition) is 1. The Balaban J connectivity index is 3.19. The van der Waals surface area contributed by atoms with Crippen molar-refractivity contribution in [2.75, 3.05) is 0 Å². The summed E-state index contributed by atoms with van der Waals surface area (Å²) in [4.78, 5) is 10.8. The van der Waals surface area contributed by atoms with Crippen molar-refractivity contribution < 1.29 is 18.3 Å². The van der Waals surface area contributed by atoms with Crippen LogP contribution < -0.4 is 0 Å². The van der Waals surface area contributed by atoms with Crippen molar-refractivity contribution in [2.45, 2.75) is 23.5 Å². The van der Waals surface area contributed by atoms with Crippen LogP contribution in [0.15, 0.2) is 35.2 Å². The zero-order valence-electron chi connectivity index (χ0n) is 8.25. The maximum absolute atomic E-state index is 11.8. The maximum Gasteiger partial charge on any atom is 0.322 e. The Morgan fingerprint density at radius 1 is 1.33 bits per heavy atom. The summed E-state index contributed by atoms with van der Waals surface area (Å²) in [6.45, 7) is 1.54. The van der Waals surface area contributed by atoms with Crippen LogP contribution in [0.25, 0.3) is 0 Å². The summed E-state index contributed by atoms with van der Waals surface area (Å²) < 4.78 is 23.6. The summed E-state index contributed by atoms with van der Waals surface area (Å²) in [7, 11) is -3.75. The van der Waals surface area contributed by atoms with Crippen LogP contribution in [0.5, 0.6) is 0 Å². The third-order valence-corrected chi connectivity index (χ3v) is 4.31. The normalized spacial score (nSPS) is 13.4. The van der Waals surface area contributed by atoms with Gasteiger partial charge in [0.1, 0.15) is 0 Å².